The molecule has 2 aliphatic rings. The lowest BCUT2D eigenvalue weighted by Gasteiger charge is -2.27. The maximum atomic E-state index is 12.7. The highest BCUT2D eigenvalue weighted by molar-refractivity contribution is 6.05. The first kappa shape index (κ1) is 22.1. The minimum absolute atomic E-state index is 0. The molecule has 2 saturated carbocycles. The van der Waals surface area contributed by atoms with Gasteiger partial charge >= 0.3 is 0 Å². The molecule has 4 unspecified atom stereocenters. The fourth-order valence-corrected chi connectivity index (χ4v) is 4.31. The van der Waals surface area contributed by atoms with Gasteiger partial charge in [-0.3, -0.25) is 9.59 Å². The maximum Gasteiger partial charge on any atom is 0.256 e. The zero-order chi connectivity index (χ0) is 18.1. The van der Waals surface area contributed by atoms with E-state index < -0.39 is 0 Å². The number of carbonyl (C=O) groups excluding carboxylic acids is 2. The number of amides is 2. The van der Waals surface area contributed by atoms with Crippen molar-refractivity contribution in [1.29, 1.82) is 0 Å². The molecule has 0 aliphatic heterocycles. The second kappa shape index (κ2) is 9.37. The quantitative estimate of drug-likeness (QED) is 0.701. The molecule has 2 aromatic rings. The summed E-state index contributed by atoms with van der Waals surface area (Å²) in [5, 5.41) is 5.68. The Balaban J connectivity index is 0.00000140. The summed E-state index contributed by atoms with van der Waals surface area (Å²) in [5.41, 5.74) is 7.32. The second-order valence-corrected chi connectivity index (χ2v) is 7.18. The molecule has 150 valence electrons. The molecule has 0 radical (unpaired) electrons. The zero-order valence-electron chi connectivity index (χ0n) is 15.2. The van der Waals surface area contributed by atoms with Gasteiger partial charge in [0.15, 0.2) is 0 Å². The summed E-state index contributed by atoms with van der Waals surface area (Å²) in [6.45, 7) is 0. The van der Waals surface area contributed by atoms with Gasteiger partial charge < -0.3 is 16.4 Å². The molecule has 28 heavy (non-hydrogen) atoms. The van der Waals surface area contributed by atoms with Crippen LogP contribution in [0.4, 0.5) is 11.5 Å². The van der Waals surface area contributed by atoms with E-state index in [0.717, 1.165) is 19.3 Å². The molecule has 4 rings (SSSR count). The van der Waals surface area contributed by atoms with Crippen molar-refractivity contribution in [2.24, 2.45) is 23.5 Å². The van der Waals surface area contributed by atoms with Crippen LogP contribution in [0.1, 0.15) is 29.6 Å². The Morgan fingerprint density at radius 2 is 1.79 bits per heavy atom. The summed E-state index contributed by atoms with van der Waals surface area (Å²) in [4.78, 5) is 29.1. The average Bonchev–Trinajstić information content (AvgIpc) is 3.24. The Kier molecular flexibility index (Phi) is 7.41. The van der Waals surface area contributed by atoms with Gasteiger partial charge in [-0.15, -0.1) is 24.8 Å². The lowest BCUT2D eigenvalue weighted by atomic mass is 9.84. The van der Waals surface area contributed by atoms with Crippen molar-refractivity contribution in [3.05, 3.63) is 54.2 Å². The number of hydrogen-bond donors (Lipinski definition) is 3. The number of nitrogens with zero attached hydrogens (tertiary/aromatic N) is 1. The van der Waals surface area contributed by atoms with E-state index in [4.69, 9.17) is 5.73 Å². The van der Waals surface area contributed by atoms with E-state index in [-0.39, 0.29) is 48.6 Å². The molecule has 1 aromatic carbocycles. The fraction of sp³-hybridized carbons (Fsp3) is 0.350. The molecular weight excluding hydrogens is 399 g/mol. The van der Waals surface area contributed by atoms with Crippen LogP contribution in [0.2, 0.25) is 0 Å². The molecule has 4 N–H and O–H groups in total. The molecular formula is C20H24Cl2N4O2. The topological polar surface area (TPSA) is 97.1 Å². The largest absolute Gasteiger partial charge is 0.327 e. The van der Waals surface area contributed by atoms with Crippen LogP contribution >= 0.6 is 24.8 Å². The van der Waals surface area contributed by atoms with Crippen molar-refractivity contribution >= 4 is 48.1 Å². The number of nitrogens with one attached hydrogen (secondary N) is 2. The van der Waals surface area contributed by atoms with Crippen molar-refractivity contribution in [1.82, 2.24) is 4.98 Å². The van der Waals surface area contributed by atoms with Gasteiger partial charge in [0, 0.05) is 23.5 Å². The Morgan fingerprint density at radius 3 is 2.46 bits per heavy atom. The normalized spacial score (nSPS) is 24.6. The molecule has 4 atom stereocenters. The third-order valence-electron chi connectivity index (χ3n) is 5.58. The molecule has 2 bridgehead atoms. The van der Waals surface area contributed by atoms with E-state index in [9.17, 15) is 9.59 Å². The van der Waals surface area contributed by atoms with Gasteiger partial charge in [0.2, 0.25) is 5.91 Å². The number of pyridine rings is 1. The van der Waals surface area contributed by atoms with Crippen molar-refractivity contribution < 1.29 is 9.59 Å². The summed E-state index contributed by atoms with van der Waals surface area (Å²) in [7, 11) is 0. The van der Waals surface area contributed by atoms with E-state index in [1.807, 2.05) is 0 Å². The summed E-state index contributed by atoms with van der Waals surface area (Å²) in [6, 6.07) is 12.2. The Labute approximate surface area is 176 Å². The van der Waals surface area contributed by atoms with Gasteiger partial charge in [-0.05, 0) is 61.4 Å². The molecule has 2 aliphatic carbocycles. The average molecular weight is 423 g/mol. The summed E-state index contributed by atoms with van der Waals surface area (Å²) >= 11 is 0. The van der Waals surface area contributed by atoms with E-state index >= 15 is 0 Å². The van der Waals surface area contributed by atoms with Crippen molar-refractivity contribution in [2.45, 2.75) is 25.3 Å². The lowest BCUT2D eigenvalue weighted by Crippen LogP contribution is -2.42. The summed E-state index contributed by atoms with van der Waals surface area (Å²) in [5.74, 6) is 0.930. The van der Waals surface area contributed by atoms with Gasteiger partial charge in [-0.25, -0.2) is 4.98 Å². The van der Waals surface area contributed by atoms with Gasteiger partial charge in [0.1, 0.15) is 5.82 Å². The van der Waals surface area contributed by atoms with Crippen LogP contribution in [0.15, 0.2) is 48.7 Å². The molecule has 1 heterocycles. The number of nitrogens with two attached hydrogens (primary N) is 1. The maximum absolute atomic E-state index is 12.7. The second-order valence-electron chi connectivity index (χ2n) is 7.18. The molecule has 6 nitrogen and oxygen atoms in total. The number of hydrogen-bond acceptors (Lipinski definition) is 4. The van der Waals surface area contributed by atoms with Crippen LogP contribution in [0.5, 0.6) is 0 Å². The standard InChI is InChI=1S/C20H22N4O2.2ClH/c21-18-13-8-7-12(10-13)17(18)20(26)23-15-5-3-4-14(11-15)19(25)24-16-6-1-2-9-22-16;;/h1-6,9,11-13,17-18H,7-8,10,21H2,(H,23,26)(H,22,24,25);2*1H. The number of benzene rings is 1. The number of rotatable bonds is 4. The van der Waals surface area contributed by atoms with Crippen molar-refractivity contribution in [3.63, 3.8) is 0 Å². The first-order valence-electron chi connectivity index (χ1n) is 9.01. The molecule has 2 fully saturated rings. The smallest absolute Gasteiger partial charge is 0.256 e. The molecule has 8 heteroatoms. The van der Waals surface area contributed by atoms with E-state index in [1.54, 1.807) is 48.7 Å². The molecule has 0 spiro atoms. The van der Waals surface area contributed by atoms with Crippen molar-refractivity contribution in [2.75, 3.05) is 10.6 Å². The van der Waals surface area contributed by atoms with Gasteiger partial charge in [0.25, 0.3) is 5.91 Å². The van der Waals surface area contributed by atoms with Crippen LogP contribution in [0.3, 0.4) is 0 Å². The van der Waals surface area contributed by atoms with Crippen LogP contribution < -0.4 is 16.4 Å². The summed E-state index contributed by atoms with van der Waals surface area (Å²) < 4.78 is 0. The zero-order valence-corrected chi connectivity index (χ0v) is 16.8. The molecule has 0 saturated heterocycles. The predicted molar refractivity (Wildman–Crippen MR) is 114 cm³/mol. The van der Waals surface area contributed by atoms with Gasteiger partial charge in [0.05, 0.1) is 5.92 Å². The Bertz CT molecular complexity index is 832. The fourth-order valence-electron chi connectivity index (χ4n) is 4.31. The van der Waals surface area contributed by atoms with Crippen LogP contribution in [-0.2, 0) is 4.79 Å². The lowest BCUT2D eigenvalue weighted by molar-refractivity contribution is -0.121. The molecule has 2 amide bonds. The van der Waals surface area contributed by atoms with Crippen LogP contribution in [-0.4, -0.2) is 22.8 Å². The first-order valence-corrected chi connectivity index (χ1v) is 9.01. The highest BCUT2D eigenvalue weighted by Gasteiger charge is 2.49. The summed E-state index contributed by atoms with van der Waals surface area (Å²) in [6.07, 6.45) is 4.90. The SMILES string of the molecule is Cl.Cl.NC1C2CCC(C2)C1C(=O)Nc1cccc(C(=O)Nc2ccccn2)c1. The highest BCUT2D eigenvalue weighted by atomic mass is 35.5. The first-order chi connectivity index (χ1) is 12.6. The monoisotopic (exact) mass is 422 g/mol. The van der Waals surface area contributed by atoms with E-state index in [2.05, 4.69) is 15.6 Å². The number of carbonyl (C=O) groups is 2. The van der Waals surface area contributed by atoms with Crippen LogP contribution in [0, 0.1) is 17.8 Å². The minimum atomic E-state index is -0.267. The highest BCUT2D eigenvalue weighted by Crippen LogP contribution is 2.47. The number of aromatic nitrogens is 1. The third kappa shape index (κ3) is 4.46. The Morgan fingerprint density at radius 1 is 1.00 bits per heavy atom. The number of anilines is 2. The van der Waals surface area contributed by atoms with E-state index in [1.165, 1.54) is 0 Å². The van der Waals surface area contributed by atoms with Gasteiger partial charge in [-0.1, -0.05) is 12.1 Å². The third-order valence-corrected chi connectivity index (χ3v) is 5.58. The van der Waals surface area contributed by atoms with Gasteiger partial charge in [-0.2, -0.15) is 0 Å². The van der Waals surface area contributed by atoms with Crippen molar-refractivity contribution in [3.8, 4) is 0 Å². The predicted octanol–water partition coefficient (Wildman–Crippen LogP) is 3.49. The van der Waals surface area contributed by atoms with E-state index in [0.29, 0.717) is 28.9 Å². The van der Waals surface area contributed by atoms with Crippen LogP contribution in [0.25, 0.3) is 0 Å². The molecule has 1 aromatic heterocycles. The minimum Gasteiger partial charge on any atom is -0.327 e. The number of fused-ring (bicyclic) bond motifs is 2. The Hall–Kier alpha value is -2.15. The number of halogens is 2.